The van der Waals surface area contributed by atoms with E-state index in [1.54, 1.807) is 0 Å². The minimum absolute atomic E-state index is 0.240. The van der Waals surface area contributed by atoms with Crippen molar-refractivity contribution in [3.8, 4) is 0 Å². The number of rotatable bonds is 6. The summed E-state index contributed by atoms with van der Waals surface area (Å²) in [6.07, 6.45) is 3.47. The van der Waals surface area contributed by atoms with Crippen LogP contribution < -0.4 is 5.32 Å². The maximum Gasteiger partial charge on any atom is 0.0937 e. The predicted molar refractivity (Wildman–Crippen MR) is 85.5 cm³/mol. The molecule has 1 unspecified atom stereocenters. The number of nitrogens with one attached hydrogen (secondary N) is 1. The Labute approximate surface area is 127 Å². The Morgan fingerprint density at radius 2 is 2.20 bits per heavy atom. The molecule has 1 N–H and O–H groups in total. The van der Waals surface area contributed by atoms with Crippen LogP contribution in [0.25, 0.3) is 0 Å². The van der Waals surface area contributed by atoms with Gasteiger partial charge in [0.15, 0.2) is 0 Å². The molecule has 1 atom stereocenters. The molecule has 2 heterocycles. The lowest BCUT2D eigenvalue weighted by Crippen LogP contribution is -2.43. The van der Waals surface area contributed by atoms with Crippen molar-refractivity contribution in [3.63, 3.8) is 0 Å². The third-order valence-corrected chi connectivity index (χ3v) is 5.13. The Morgan fingerprint density at radius 1 is 1.40 bits per heavy atom. The van der Waals surface area contributed by atoms with Gasteiger partial charge in [0.2, 0.25) is 0 Å². The molecule has 1 aliphatic rings. The molecule has 3 nitrogen and oxygen atoms in total. The Bertz CT molecular complexity index is 403. The zero-order chi connectivity index (χ0) is 14.6. The van der Waals surface area contributed by atoms with Crippen molar-refractivity contribution in [2.24, 2.45) is 11.3 Å². The maximum absolute atomic E-state index is 5.79. The first-order valence-corrected chi connectivity index (χ1v) is 8.54. The van der Waals surface area contributed by atoms with Gasteiger partial charge in [-0.25, -0.2) is 4.98 Å². The highest BCUT2D eigenvalue weighted by atomic mass is 32.1. The molecule has 4 heteroatoms. The van der Waals surface area contributed by atoms with Crippen molar-refractivity contribution in [2.75, 3.05) is 26.3 Å². The predicted octanol–water partition coefficient (Wildman–Crippen LogP) is 3.34. The first-order chi connectivity index (χ1) is 9.51. The first kappa shape index (κ1) is 15.9. The standard InChI is InChI=1S/C16H28N2OS/c1-12(2)9-17-10-16(6-5-7-19-11-16)8-15-18-13(3)14(4)20-15/h12,17H,5-11H2,1-4H3. The molecule has 1 aromatic rings. The minimum atomic E-state index is 0.240. The van der Waals surface area contributed by atoms with Gasteiger partial charge in [0.05, 0.1) is 17.3 Å². The molecule has 0 bridgehead atoms. The van der Waals surface area contributed by atoms with Crippen LogP contribution in [0.1, 0.15) is 42.3 Å². The maximum atomic E-state index is 5.79. The lowest BCUT2D eigenvalue weighted by Gasteiger charge is -2.37. The zero-order valence-electron chi connectivity index (χ0n) is 13.3. The van der Waals surface area contributed by atoms with Crippen molar-refractivity contribution in [1.82, 2.24) is 10.3 Å². The van der Waals surface area contributed by atoms with Crippen LogP contribution in [0.5, 0.6) is 0 Å². The molecule has 1 aromatic heterocycles. The molecule has 0 aliphatic carbocycles. The first-order valence-electron chi connectivity index (χ1n) is 7.72. The molecule has 1 fully saturated rings. The average Bonchev–Trinajstić information content (AvgIpc) is 2.68. The van der Waals surface area contributed by atoms with Crippen LogP contribution in [0.2, 0.25) is 0 Å². The molecule has 114 valence electrons. The largest absolute Gasteiger partial charge is 0.381 e. The summed E-state index contributed by atoms with van der Waals surface area (Å²) in [5, 5.41) is 4.91. The Balaban J connectivity index is 2.02. The smallest absolute Gasteiger partial charge is 0.0937 e. The SMILES string of the molecule is Cc1nc(CC2(CNCC(C)C)CCCOC2)sc1C. The number of aromatic nitrogens is 1. The molecule has 2 rings (SSSR count). The molecule has 0 aromatic carbocycles. The summed E-state index contributed by atoms with van der Waals surface area (Å²) < 4.78 is 5.79. The van der Waals surface area contributed by atoms with Gasteiger partial charge in [0, 0.05) is 29.9 Å². The van der Waals surface area contributed by atoms with E-state index < -0.39 is 0 Å². The van der Waals surface area contributed by atoms with Gasteiger partial charge in [-0.1, -0.05) is 13.8 Å². The van der Waals surface area contributed by atoms with Crippen molar-refractivity contribution in [3.05, 3.63) is 15.6 Å². The monoisotopic (exact) mass is 296 g/mol. The summed E-state index contributed by atoms with van der Waals surface area (Å²) in [5.41, 5.74) is 1.43. The van der Waals surface area contributed by atoms with Crippen molar-refractivity contribution < 1.29 is 4.74 Å². The van der Waals surface area contributed by atoms with E-state index in [0.717, 1.165) is 32.7 Å². The zero-order valence-corrected chi connectivity index (χ0v) is 14.1. The molecule has 0 spiro atoms. The Kier molecular flexibility index (Phi) is 5.58. The van der Waals surface area contributed by atoms with E-state index in [0.29, 0.717) is 5.92 Å². The molecule has 0 radical (unpaired) electrons. The summed E-state index contributed by atoms with van der Waals surface area (Å²) in [7, 11) is 0. The van der Waals surface area contributed by atoms with E-state index in [9.17, 15) is 0 Å². The van der Waals surface area contributed by atoms with Crippen LogP contribution in [0, 0.1) is 25.2 Å². The van der Waals surface area contributed by atoms with Gasteiger partial charge < -0.3 is 10.1 Å². The van der Waals surface area contributed by atoms with Crippen LogP contribution in [0.15, 0.2) is 0 Å². The number of aryl methyl sites for hydroxylation is 2. The van der Waals surface area contributed by atoms with E-state index in [2.05, 4.69) is 33.0 Å². The number of hydrogen-bond acceptors (Lipinski definition) is 4. The molecular formula is C16H28N2OS. The molecular weight excluding hydrogens is 268 g/mol. The highest BCUT2D eigenvalue weighted by Crippen LogP contribution is 2.33. The van der Waals surface area contributed by atoms with Gasteiger partial charge in [0.1, 0.15) is 0 Å². The molecule has 0 amide bonds. The second-order valence-electron chi connectivity index (χ2n) is 6.61. The number of thiazole rings is 1. The average molecular weight is 296 g/mol. The Hall–Kier alpha value is -0.450. The summed E-state index contributed by atoms with van der Waals surface area (Å²) >= 11 is 1.85. The summed E-state index contributed by atoms with van der Waals surface area (Å²) in [6.45, 7) is 12.7. The quantitative estimate of drug-likeness (QED) is 0.874. The van der Waals surface area contributed by atoms with Crippen LogP contribution in [0.3, 0.4) is 0 Å². The minimum Gasteiger partial charge on any atom is -0.381 e. The molecule has 1 aliphatic heterocycles. The van der Waals surface area contributed by atoms with Gasteiger partial charge in [-0.3, -0.25) is 0 Å². The third kappa shape index (κ3) is 4.27. The normalized spacial score (nSPS) is 23.4. The lowest BCUT2D eigenvalue weighted by molar-refractivity contribution is -0.00742. The van der Waals surface area contributed by atoms with Crippen LogP contribution >= 0.6 is 11.3 Å². The summed E-state index contributed by atoms with van der Waals surface area (Å²) in [6, 6.07) is 0. The summed E-state index contributed by atoms with van der Waals surface area (Å²) in [5.74, 6) is 0.695. The summed E-state index contributed by atoms with van der Waals surface area (Å²) in [4.78, 5) is 6.08. The number of ether oxygens (including phenoxy) is 1. The van der Waals surface area contributed by atoms with Gasteiger partial charge >= 0.3 is 0 Å². The van der Waals surface area contributed by atoms with E-state index in [-0.39, 0.29) is 5.41 Å². The van der Waals surface area contributed by atoms with Gasteiger partial charge in [-0.2, -0.15) is 0 Å². The van der Waals surface area contributed by atoms with Gasteiger partial charge in [-0.15, -0.1) is 11.3 Å². The Morgan fingerprint density at radius 3 is 2.75 bits per heavy atom. The van der Waals surface area contributed by atoms with E-state index in [1.165, 1.54) is 28.4 Å². The van der Waals surface area contributed by atoms with Gasteiger partial charge in [0.25, 0.3) is 0 Å². The number of nitrogens with zero attached hydrogens (tertiary/aromatic N) is 1. The van der Waals surface area contributed by atoms with E-state index in [1.807, 2.05) is 11.3 Å². The van der Waals surface area contributed by atoms with Crippen molar-refractivity contribution >= 4 is 11.3 Å². The van der Waals surface area contributed by atoms with Crippen LogP contribution in [-0.2, 0) is 11.2 Å². The van der Waals surface area contributed by atoms with Crippen LogP contribution in [-0.4, -0.2) is 31.3 Å². The highest BCUT2D eigenvalue weighted by Gasteiger charge is 2.34. The van der Waals surface area contributed by atoms with Crippen LogP contribution in [0.4, 0.5) is 0 Å². The molecule has 1 saturated heterocycles. The molecule has 20 heavy (non-hydrogen) atoms. The van der Waals surface area contributed by atoms with Crippen molar-refractivity contribution in [1.29, 1.82) is 0 Å². The fourth-order valence-corrected chi connectivity index (χ4v) is 3.92. The fourth-order valence-electron chi connectivity index (χ4n) is 2.81. The topological polar surface area (TPSA) is 34.2 Å². The lowest BCUT2D eigenvalue weighted by atomic mass is 9.79. The molecule has 0 saturated carbocycles. The highest BCUT2D eigenvalue weighted by molar-refractivity contribution is 7.11. The van der Waals surface area contributed by atoms with Gasteiger partial charge in [-0.05, 0) is 39.2 Å². The second kappa shape index (κ2) is 7.01. The van der Waals surface area contributed by atoms with Crippen molar-refractivity contribution in [2.45, 2.75) is 47.0 Å². The van der Waals surface area contributed by atoms with E-state index in [4.69, 9.17) is 9.72 Å². The fraction of sp³-hybridized carbons (Fsp3) is 0.812. The van der Waals surface area contributed by atoms with E-state index >= 15 is 0 Å². The second-order valence-corrected chi connectivity index (χ2v) is 7.89. The number of hydrogen-bond donors (Lipinski definition) is 1. The third-order valence-electron chi connectivity index (χ3n) is 4.06.